The quantitative estimate of drug-likeness (QED) is 0.620. The lowest BCUT2D eigenvalue weighted by Gasteiger charge is -2.37. The molecular weight excluding hydrogens is 340 g/mol. The van der Waals surface area contributed by atoms with Gasteiger partial charge < -0.3 is 19.9 Å². The Bertz CT molecular complexity index is 748. The molecule has 1 fully saturated rings. The minimum Gasteiger partial charge on any atom is -0.497 e. The van der Waals surface area contributed by atoms with E-state index in [9.17, 15) is 0 Å². The summed E-state index contributed by atoms with van der Waals surface area (Å²) in [5.41, 5.74) is 2.44. The van der Waals surface area contributed by atoms with Crippen molar-refractivity contribution < 1.29 is 4.74 Å². The summed E-state index contributed by atoms with van der Waals surface area (Å²) in [6.07, 6.45) is 4.87. The minimum absolute atomic E-state index is 0.768. The summed E-state index contributed by atoms with van der Waals surface area (Å²) in [5.74, 6) is 1.91. The maximum Gasteiger partial charge on any atom is 0.194 e. The number of guanidine groups is 1. The third-order valence-electron chi connectivity index (χ3n) is 4.75. The summed E-state index contributed by atoms with van der Waals surface area (Å²) in [6, 6.07) is 8.27. The van der Waals surface area contributed by atoms with Crippen LogP contribution in [0.4, 0.5) is 5.69 Å². The Morgan fingerprint density at radius 3 is 2.74 bits per heavy atom. The van der Waals surface area contributed by atoms with Crippen molar-refractivity contribution >= 4 is 11.6 Å². The summed E-state index contributed by atoms with van der Waals surface area (Å²) >= 11 is 0. The second-order valence-electron chi connectivity index (χ2n) is 6.68. The van der Waals surface area contributed by atoms with Gasteiger partial charge >= 0.3 is 0 Å². The average Bonchev–Trinajstić information content (AvgIpc) is 3.12. The van der Waals surface area contributed by atoms with Crippen molar-refractivity contribution in [3.8, 4) is 5.75 Å². The third kappa shape index (κ3) is 5.15. The van der Waals surface area contributed by atoms with Gasteiger partial charge in [0, 0.05) is 64.3 Å². The predicted octanol–water partition coefficient (Wildman–Crippen LogP) is 1.76. The number of benzene rings is 1. The van der Waals surface area contributed by atoms with E-state index in [1.54, 1.807) is 7.11 Å². The number of aromatic nitrogens is 2. The molecule has 0 radical (unpaired) electrons. The summed E-state index contributed by atoms with van der Waals surface area (Å²) < 4.78 is 7.18. The zero-order valence-electron chi connectivity index (χ0n) is 16.6. The van der Waals surface area contributed by atoms with E-state index < -0.39 is 0 Å². The van der Waals surface area contributed by atoms with Gasteiger partial charge in [0.05, 0.1) is 13.3 Å². The lowest BCUT2D eigenvalue weighted by atomic mass is 10.2. The molecule has 1 aromatic heterocycles. The van der Waals surface area contributed by atoms with E-state index in [0.29, 0.717) is 0 Å². The normalized spacial score (nSPS) is 15.1. The molecule has 1 saturated heterocycles. The van der Waals surface area contributed by atoms with Crippen molar-refractivity contribution in [2.75, 3.05) is 51.3 Å². The first-order valence-corrected chi connectivity index (χ1v) is 9.59. The Balaban J connectivity index is 1.56. The highest BCUT2D eigenvalue weighted by atomic mass is 16.5. The van der Waals surface area contributed by atoms with Gasteiger partial charge in [-0.1, -0.05) is 6.07 Å². The van der Waals surface area contributed by atoms with Gasteiger partial charge in [-0.2, -0.15) is 5.10 Å². The highest BCUT2D eigenvalue weighted by molar-refractivity contribution is 5.80. The molecule has 1 aromatic carbocycles. The molecule has 7 heteroatoms. The highest BCUT2D eigenvalue weighted by Crippen LogP contribution is 2.22. The van der Waals surface area contributed by atoms with Gasteiger partial charge in [0.2, 0.25) is 0 Å². The van der Waals surface area contributed by atoms with Crippen LogP contribution in [-0.2, 0) is 13.5 Å². The molecule has 2 aromatic rings. The molecule has 3 rings (SSSR count). The van der Waals surface area contributed by atoms with Gasteiger partial charge in [0.25, 0.3) is 0 Å². The summed E-state index contributed by atoms with van der Waals surface area (Å²) in [6.45, 7) is 7.61. The molecule has 0 unspecified atom stereocenters. The largest absolute Gasteiger partial charge is 0.497 e. The first-order valence-electron chi connectivity index (χ1n) is 9.59. The number of nitrogens with one attached hydrogen (secondary N) is 1. The minimum atomic E-state index is 0.768. The molecule has 2 heterocycles. The molecule has 146 valence electrons. The SMILES string of the molecule is CCNC(=NCCc1cnn(C)c1)N1CCN(c2cccc(OC)c2)CC1. The predicted molar refractivity (Wildman–Crippen MR) is 110 cm³/mol. The Morgan fingerprint density at radius 2 is 2.07 bits per heavy atom. The second kappa shape index (κ2) is 9.30. The lowest BCUT2D eigenvalue weighted by Crippen LogP contribution is -2.52. The molecule has 0 bridgehead atoms. The van der Waals surface area contributed by atoms with E-state index in [1.807, 2.05) is 30.1 Å². The number of hydrogen-bond acceptors (Lipinski definition) is 4. The molecule has 0 amide bonds. The molecular formula is C20H30N6O. The number of aryl methyl sites for hydroxylation is 1. The maximum atomic E-state index is 5.35. The Morgan fingerprint density at radius 1 is 1.26 bits per heavy atom. The van der Waals surface area contributed by atoms with Crippen molar-refractivity contribution in [3.63, 3.8) is 0 Å². The number of nitrogens with zero attached hydrogens (tertiary/aromatic N) is 5. The van der Waals surface area contributed by atoms with Crippen LogP contribution in [0.25, 0.3) is 0 Å². The smallest absolute Gasteiger partial charge is 0.194 e. The summed E-state index contributed by atoms with van der Waals surface area (Å²) in [5, 5.41) is 7.65. The molecule has 0 spiro atoms. The monoisotopic (exact) mass is 370 g/mol. The van der Waals surface area contributed by atoms with E-state index in [2.05, 4.69) is 45.5 Å². The topological polar surface area (TPSA) is 57.9 Å². The Kier molecular flexibility index (Phi) is 6.57. The van der Waals surface area contributed by atoms with Gasteiger partial charge in [0.1, 0.15) is 5.75 Å². The van der Waals surface area contributed by atoms with E-state index in [4.69, 9.17) is 9.73 Å². The van der Waals surface area contributed by atoms with Gasteiger partial charge in [-0.25, -0.2) is 0 Å². The van der Waals surface area contributed by atoms with Crippen LogP contribution in [0.15, 0.2) is 41.7 Å². The number of piperazine rings is 1. The van der Waals surface area contributed by atoms with Crippen LogP contribution in [0.5, 0.6) is 5.75 Å². The van der Waals surface area contributed by atoms with E-state index >= 15 is 0 Å². The van der Waals surface area contributed by atoms with Crippen LogP contribution >= 0.6 is 0 Å². The molecule has 1 N–H and O–H groups in total. The Labute approximate surface area is 161 Å². The third-order valence-corrected chi connectivity index (χ3v) is 4.75. The summed E-state index contributed by atoms with van der Waals surface area (Å²) in [4.78, 5) is 9.57. The van der Waals surface area contributed by atoms with E-state index in [-0.39, 0.29) is 0 Å². The van der Waals surface area contributed by atoms with Gasteiger partial charge in [-0.3, -0.25) is 9.67 Å². The van der Waals surface area contributed by atoms with Crippen LogP contribution in [0, 0.1) is 0 Å². The number of ether oxygens (including phenoxy) is 1. The van der Waals surface area contributed by atoms with Crippen LogP contribution in [-0.4, -0.2) is 67.0 Å². The van der Waals surface area contributed by atoms with Crippen molar-refractivity contribution in [2.24, 2.45) is 12.0 Å². The first kappa shape index (κ1) is 19.1. The highest BCUT2D eigenvalue weighted by Gasteiger charge is 2.20. The van der Waals surface area contributed by atoms with Crippen LogP contribution < -0.4 is 15.0 Å². The number of aliphatic imine (C=N–C) groups is 1. The number of methoxy groups -OCH3 is 1. The van der Waals surface area contributed by atoms with Gasteiger partial charge in [-0.15, -0.1) is 0 Å². The molecule has 27 heavy (non-hydrogen) atoms. The van der Waals surface area contributed by atoms with Crippen LogP contribution in [0.1, 0.15) is 12.5 Å². The fraction of sp³-hybridized carbons (Fsp3) is 0.500. The standard InChI is InChI=1S/C20H30N6O/c1-4-21-20(22-9-8-17-15-23-24(2)16-17)26-12-10-25(11-13-26)18-6-5-7-19(14-18)27-3/h5-7,14-16H,4,8-13H2,1-3H3,(H,21,22). The van der Waals surface area contributed by atoms with Gasteiger partial charge in [0.15, 0.2) is 5.96 Å². The maximum absolute atomic E-state index is 5.35. The molecule has 0 atom stereocenters. The molecule has 1 aliphatic rings. The van der Waals surface area contributed by atoms with Crippen LogP contribution in [0.3, 0.4) is 0 Å². The molecule has 1 aliphatic heterocycles. The zero-order valence-corrected chi connectivity index (χ0v) is 16.6. The number of anilines is 1. The van der Waals surface area contributed by atoms with Crippen molar-refractivity contribution in [3.05, 3.63) is 42.2 Å². The van der Waals surface area contributed by atoms with E-state index in [1.165, 1.54) is 11.3 Å². The van der Waals surface area contributed by atoms with Crippen molar-refractivity contribution in [2.45, 2.75) is 13.3 Å². The molecule has 7 nitrogen and oxygen atoms in total. The summed E-state index contributed by atoms with van der Waals surface area (Å²) in [7, 11) is 3.65. The molecule has 0 saturated carbocycles. The zero-order chi connectivity index (χ0) is 19.1. The van der Waals surface area contributed by atoms with Crippen LogP contribution in [0.2, 0.25) is 0 Å². The lowest BCUT2D eigenvalue weighted by molar-refractivity contribution is 0.372. The van der Waals surface area contributed by atoms with E-state index in [0.717, 1.165) is 57.4 Å². The number of rotatable bonds is 6. The van der Waals surface area contributed by atoms with Gasteiger partial charge in [-0.05, 0) is 31.0 Å². The van der Waals surface area contributed by atoms with Crippen molar-refractivity contribution in [1.29, 1.82) is 0 Å². The number of hydrogen-bond donors (Lipinski definition) is 1. The fourth-order valence-electron chi connectivity index (χ4n) is 3.30. The first-order chi connectivity index (χ1) is 13.2. The average molecular weight is 371 g/mol. The second-order valence-corrected chi connectivity index (χ2v) is 6.68. The fourth-order valence-corrected chi connectivity index (χ4v) is 3.30. The van der Waals surface area contributed by atoms with Crippen molar-refractivity contribution in [1.82, 2.24) is 20.0 Å². The Hall–Kier alpha value is -2.70. The molecule has 0 aliphatic carbocycles.